The Kier molecular flexibility index (Phi) is 2.23. The molecule has 0 fully saturated rings. The van der Waals surface area contributed by atoms with Crippen molar-refractivity contribution in [3.05, 3.63) is 17.8 Å². The van der Waals surface area contributed by atoms with E-state index >= 15 is 0 Å². The fourth-order valence-corrected chi connectivity index (χ4v) is 0.616. The van der Waals surface area contributed by atoms with Gasteiger partial charge in [0.05, 0.1) is 0 Å². The minimum atomic E-state index is -0.244. The summed E-state index contributed by atoms with van der Waals surface area (Å²) >= 11 is 0. The first-order chi connectivity index (χ1) is 5.61. The van der Waals surface area contributed by atoms with Crippen LogP contribution in [0.3, 0.4) is 0 Å². The Labute approximate surface area is 69.9 Å². The standard InChI is InChI=1S/C7H10N4O/c1-4(2)7(12)8-6-5(3)9-11-10-6/h1H2,2-3H3,(H2,8,9,10,11,12). The molecule has 1 rings (SSSR count). The molecule has 1 aromatic rings. The van der Waals surface area contributed by atoms with Crippen LogP contribution in [0.1, 0.15) is 12.6 Å². The number of aromatic nitrogens is 3. The third-order valence-corrected chi connectivity index (χ3v) is 1.34. The highest BCUT2D eigenvalue weighted by molar-refractivity contribution is 6.02. The van der Waals surface area contributed by atoms with Crippen LogP contribution >= 0.6 is 0 Å². The van der Waals surface area contributed by atoms with Crippen molar-refractivity contribution in [1.29, 1.82) is 0 Å². The van der Waals surface area contributed by atoms with E-state index in [1.54, 1.807) is 13.8 Å². The Morgan fingerprint density at radius 3 is 2.67 bits per heavy atom. The molecule has 5 nitrogen and oxygen atoms in total. The van der Waals surface area contributed by atoms with E-state index in [-0.39, 0.29) is 5.91 Å². The predicted molar refractivity (Wildman–Crippen MR) is 44.6 cm³/mol. The lowest BCUT2D eigenvalue weighted by Gasteiger charge is -1.99. The number of anilines is 1. The van der Waals surface area contributed by atoms with Crippen molar-refractivity contribution in [3.8, 4) is 0 Å². The van der Waals surface area contributed by atoms with Crippen molar-refractivity contribution in [2.24, 2.45) is 0 Å². The number of rotatable bonds is 2. The highest BCUT2D eigenvalue weighted by Gasteiger charge is 2.07. The maximum atomic E-state index is 11.1. The monoisotopic (exact) mass is 166 g/mol. The quantitative estimate of drug-likeness (QED) is 0.633. The van der Waals surface area contributed by atoms with Gasteiger partial charge < -0.3 is 5.32 Å². The predicted octanol–water partition coefficient (Wildman–Crippen LogP) is 0.628. The van der Waals surface area contributed by atoms with Crippen LogP contribution in [0, 0.1) is 6.92 Å². The number of carbonyl (C=O) groups is 1. The van der Waals surface area contributed by atoms with Crippen molar-refractivity contribution >= 4 is 11.7 Å². The summed E-state index contributed by atoms with van der Waals surface area (Å²) in [5.74, 6) is 0.204. The number of hydrogen-bond acceptors (Lipinski definition) is 3. The van der Waals surface area contributed by atoms with Crippen LogP contribution in [0.25, 0.3) is 0 Å². The lowest BCUT2D eigenvalue weighted by molar-refractivity contribution is -0.112. The second-order valence-electron chi connectivity index (χ2n) is 2.49. The number of nitrogens with one attached hydrogen (secondary N) is 2. The van der Waals surface area contributed by atoms with Crippen LogP contribution in [0.5, 0.6) is 0 Å². The first-order valence-corrected chi connectivity index (χ1v) is 3.45. The molecule has 0 aliphatic rings. The van der Waals surface area contributed by atoms with Gasteiger partial charge in [0.15, 0.2) is 5.82 Å². The molecule has 0 aliphatic heterocycles. The van der Waals surface area contributed by atoms with Crippen LogP contribution < -0.4 is 5.32 Å². The summed E-state index contributed by atoms with van der Waals surface area (Å²) < 4.78 is 0. The zero-order valence-electron chi connectivity index (χ0n) is 7.01. The summed E-state index contributed by atoms with van der Waals surface area (Å²) in [6, 6.07) is 0. The van der Waals surface area contributed by atoms with Gasteiger partial charge in [-0.1, -0.05) is 6.58 Å². The van der Waals surface area contributed by atoms with E-state index in [1.165, 1.54) is 0 Å². The molecule has 2 N–H and O–H groups in total. The highest BCUT2D eigenvalue weighted by Crippen LogP contribution is 2.06. The second kappa shape index (κ2) is 3.17. The molecule has 0 unspecified atom stereocenters. The van der Waals surface area contributed by atoms with E-state index in [1.807, 2.05) is 0 Å². The van der Waals surface area contributed by atoms with E-state index < -0.39 is 0 Å². The number of amides is 1. The van der Waals surface area contributed by atoms with Gasteiger partial charge in [-0.2, -0.15) is 10.3 Å². The largest absolute Gasteiger partial charge is 0.304 e. The molecule has 0 radical (unpaired) electrons. The van der Waals surface area contributed by atoms with Crippen LogP contribution in [-0.2, 0) is 4.79 Å². The molecule has 1 heterocycles. The number of aryl methyl sites for hydroxylation is 1. The van der Waals surface area contributed by atoms with Crippen molar-refractivity contribution in [1.82, 2.24) is 15.4 Å². The molecule has 0 aromatic carbocycles. The summed E-state index contributed by atoms with van der Waals surface area (Å²) in [5, 5.41) is 12.4. The van der Waals surface area contributed by atoms with E-state index in [0.29, 0.717) is 17.1 Å². The second-order valence-corrected chi connectivity index (χ2v) is 2.49. The lowest BCUT2D eigenvalue weighted by Crippen LogP contribution is -2.12. The first kappa shape index (κ1) is 8.45. The van der Waals surface area contributed by atoms with Crippen LogP contribution in [0.15, 0.2) is 12.2 Å². The Hall–Kier alpha value is -1.65. The van der Waals surface area contributed by atoms with Gasteiger partial charge in [0, 0.05) is 5.57 Å². The Morgan fingerprint density at radius 1 is 1.58 bits per heavy atom. The van der Waals surface area contributed by atoms with Crippen LogP contribution in [-0.4, -0.2) is 21.3 Å². The number of aromatic amines is 1. The molecular formula is C7H10N4O. The zero-order chi connectivity index (χ0) is 9.14. The average molecular weight is 166 g/mol. The van der Waals surface area contributed by atoms with E-state index in [0.717, 1.165) is 0 Å². The van der Waals surface area contributed by atoms with E-state index in [4.69, 9.17) is 0 Å². The molecule has 12 heavy (non-hydrogen) atoms. The van der Waals surface area contributed by atoms with Crippen LogP contribution in [0.4, 0.5) is 5.82 Å². The average Bonchev–Trinajstić information content (AvgIpc) is 2.36. The van der Waals surface area contributed by atoms with E-state index in [2.05, 4.69) is 27.3 Å². The molecular weight excluding hydrogens is 156 g/mol. The zero-order valence-corrected chi connectivity index (χ0v) is 7.01. The molecule has 0 spiro atoms. The summed E-state index contributed by atoms with van der Waals surface area (Å²) in [6.07, 6.45) is 0. The van der Waals surface area contributed by atoms with Gasteiger partial charge in [0.2, 0.25) is 0 Å². The minimum absolute atomic E-state index is 0.244. The Balaban J connectivity index is 2.71. The number of hydrogen-bond donors (Lipinski definition) is 2. The molecule has 0 atom stereocenters. The fourth-order valence-electron chi connectivity index (χ4n) is 0.616. The smallest absolute Gasteiger partial charge is 0.251 e. The molecule has 5 heteroatoms. The molecule has 1 aromatic heterocycles. The van der Waals surface area contributed by atoms with Gasteiger partial charge >= 0.3 is 0 Å². The van der Waals surface area contributed by atoms with Crippen molar-refractivity contribution in [2.45, 2.75) is 13.8 Å². The molecule has 0 saturated heterocycles. The topological polar surface area (TPSA) is 70.7 Å². The van der Waals surface area contributed by atoms with Crippen molar-refractivity contribution < 1.29 is 4.79 Å². The van der Waals surface area contributed by atoms with Gasteiger partial charge in [-0.3, -0.25) is 4.79 Å². The minimum Gasteiger partial charge on any atom is -0.304 e. The molecule has 64 valence electrons. The fraction of sp³-hybridized carbons (Fsp3) is 0.286. The first-order valence-electron chi connectivity index (χ1n) is 3.45. The summed E-state index contributed by atoms with van der Waals surface area (Å²) in [6.45, 7) is 6.87. The number of nitrogens with zero attached hydrogens (tertiary/aromatic N) is 2. The van der Waals surface area contributed by atoms with E-state index in [9.17, 15) is 4.79 Å². The van der Waals surface area contributed by atoms with Gasteiger partial charge in [-0.05, 0) is 13.8 Å². The third-order valence-electron chi connectivity index (χ3n) is 1.34. The van der Waals surface area contributed by atoms with Crippen molar-refractivity contribution in [3.63, 3.8) is 0 Å². The Morgan fingerprint density at radius 2 is 2.25 bits per heavy atom. The lowest BCUT2D eigenvalue weighted by atomic mass is 10.3. The highest BCUT2D eigenvalue weighted by atomic mass is 16.1. The van der Waals surface area contributed by atoms with Gasteiger partial charge in [0.1, 0.15) is 5.69 Å². The summed E-state index contributed by atoms with van der Waals surface area (Å²) in [7, 11) is 0. The SMILES string of the molecule is C=C(C)C(=O)Nc1n[nH]nc1C. The van der Waals surface area contributed by atoms with Gasteiger partial charge in [-0.25, -0.2) is 0 Å². The maximum Gasteiger partial charge on any atom is 0.251 e. The number of H-pyrrole nitrogens is 1. The number of carbonyl (C=O) groups excluding carboxylic acids is 1. The van der Waals surface area contributed by atoms with Crippen molar-refractivity contribution in [2.75, 3.05) is 5.32 Å². The van der Waals surface area contributed by atoms with Gasteiger partial charge in [0.25, 0.3) is 5.91 Å². The van der Waals surface area contributed by atoms with Gasteiger partial charge in [-0.15, -0.1) is 5.10 Å². The maximum absolute atomic E-state index is 11.1. The third kappa shape index (κ3) is 1.69. The summed E-state index contributed by atoms with van der Waals surface area (Å²) in [4.78, 5) is 11.1. The Bertz CT molecular complexity index is 315. The molecule has 1 amide bonds. The molecule has 0 aliphatic carbocycles. The van der Waals surface area contributed by atoms with Crippen LogP contribution in [0.2, 0.25) is 0 Å². The normalized spacial score (nSPS) is 9.50. The molecule has 0 saturated carbocycles. The molecule has 0 bridgehead atoms. The summed E-state index contributed by atoms with van der Waals surface area (Å²) in [5.41, 5.74) is 1.10.